The summed E-state index contributed by atoms with van der Waals surface area (Å²) >= 11 is 3.66. The third-order valence-electron chi connectivity index (χ3n) is 3.26. The second-order valence-electron chi connectivity index (χ2n) is 5.77. The van der Waals surface area contributed by atoms with Crippen LogP contribution in [0.15, 0.2) is 0 Å². The van der Waals surface area contributed by atoms with Crippen molar-refractivity contribution < 1.29 is 9.31 Å². The van der Waals surface area contributed by atoms with Gasteiger partial charge in [0, 0.05) is 0 Å². The molecule has 2 nitrogen and oxygen atoms in total. The van der Waals surface area contributed by atoms with E-state index in [-0.39, 0.29) is 23.0 Å². The molecule has 1 aliphatic heterocycles. The lowest BCUT2D eigenvalue weighted by atomic mass is 9.80. The largest absolute Gasteiger partial charge is 0.472 e. The topological polar surface area (TPSA) is 18.5 Å². The molecule has 0 saturated carbocycles. The van der Waals surface area contributed by atoms with Gasteiger partial charge in [0.05, 0.1) is 15.9 Å². The molecule has 0 spiro atoms. The minimum Gasteiger partial charge on any atom is -0.403 e. The second-order valence-corrected chi connectivity index (χ2v) is 6.95. The molecule has 4 heteroatoms. The molecular formula is C11H22BBrO2. The summed E-state index contributed by atoms with van der Waals surface area (Å²) < 4.78 is 12.2. The highest BCUT2D eigenvalue weighted by Gasteiger charge is 2.53. The van der Waals surface area contributed by atoms with Crippen molar-refractivity contribution in [3.8, 4) is 0 Å². The van der Waals surface area contributed by atoms with Crippen LogP contribution in [0.1, 0.15) is 48.0 Å². The summed E-state index contributed by atoms with van der Waals surface area (Å²) in [4.78, 5) is 0. The van der Waals surface area contributed by atoms with E-state index in [1.807, 2.05) is 0 Å². The third kappa shape index (κ3) is 2.98. The fourth-order valence-corrected chi connectivity index (χ4v) is 2.56. The van der Waals surface area contributed by atoms with Gasteiger partial charge in [-0.25, -0.2) is 0 Å². The number of hydrogen-bond acceptors (Lipinski definition) is 2. The van der Waals surface area contributed by atoms with Crippen LogP contribution >= 0.6 is 15.9 Å². The van der Waals surface area contributed by atoms with Crippen LogP contribution in [0.2, 0.25) is 0 Å². The zero-order valence-corrected chi connectivity index (χ0v) is 12.2. The molecule has 1 rings (SSSR count). The number of rotatable bonds is 3. The van der Waals surface area contributed by atoms with Gasteiger partial charge in [-0.2, -0.15) is 0 Å². The molecule has 0 N–H and O–H groups in total. The van der Waals surface area contributed by atoms with Crippen molar-refractivity contribution in [3.63, 3.8) is 0 Å². The number of halogens is 1. The van der Waals surface area contributed by atoms with Gasteiger partial charge >= 0.3 is 7.12 Å². The van der Waals surface area contributed by atoms with Gasteiger partial charge < -0.3 is 9.31 Å². The van der Waals surface area contributed by atoms with Crippen LogP contribution in [0.3, 0.4) is 0 Å². The van der Waals surface area contributed by atoms with E-state index in [9.17, 15) is 0 Å². The maximum Gasteiger partial charge on any atom is 0.472 e. The Hall–Kier alpha value is 0.465. The van der Waals surface area contributed by atoms with E-state index >= 15 is 0 Å². The van der Waals surface area contributed by atoms with E-state index in [1.54, 1.807) is 0 Å². The summed E-state index contributed by atoms with van der Waals surface area (Å²) in [6.07, 6.45) is 1.07. The Labute approximate surface area is 102 Å². The Morgan fingerprint density at radius 2 is 1.47 bits per heavy atom. The van der Waals surface area contributed by atoms with Crippen molar-refractivity contribution in [3.05, 3.63) is 0 Å². The van der Waals surface area contributed by atoms with Gasteiger partial charge in [-0.3, -0.25) is 0 Å². The first-order valence-corrected chi connectivity index (χ1v) is 6.57. The normalized spacial score (nSPS) is 26.0. The first kappa shape index (κ1) is 13.5. The Morgan fingerprint density at radius 3 is 1.80 bits per heavy atom. The minimum absolute atomic E-state index is 0.127. The van der Waals surface area contributed by atoms with Gasteiger partial charge in [0.2, 0.25) is 0 Å². The van der Waals surface area contributed by atoms with Crippen molar-refractivity contribution in [2.75, 3.05) is 0 Å². The Balaban J connectivity index is 2.62. The Bertz CT molecular complexity index is 213. The standard InChI is InChI=1S/C11H22BBrO2/c1-8(2)7-9(13)12-14-10(3,4)11(5,6)15-12/h8-9H,7H2,1-6H3. The second kappa shape index (κ2) is 4.38. The van der Waals surface area contributed by atoms with Crippen molar-refractivity contribution in [1.82, 2.24) is 0 Å². The third-order valence-corrected chi connectivity index (χ3v) is 4.07. The van der Waals surface area contributed by atoms with Gasteiger partial charge in [0.15, 0.2) is 0 Å². The van der Waals surface area contributed by atoms with Crippen LogP contribution in [0, 0.1) is 5.92 Å². The zero-order valence-electron chi connectivity index (χ0n) is 10.6. The molecule has 1 aliphatic rings. The average molecular weight is 277 g/mol. The van der Waals surface area contributed by atoms with Gasteiger partial charge in [-0.05, 0) is 40.0 Å². The molecular weight excluding hydrogens is 255 g/mol. The van der Waals surface area contributed by atoms with Crippen molar-refractivity contribution in [2.45, 2.75) is 63.9 Å². The molecule has 15 heavy (non-hydrogen) atoms. The Morgan fingerprint density at radius 1 is 1.07 bits per heavy atom. The molecule has 1 unspecified atom stereocenters. The molecule has 0 aromatic carbocycles. The summed E-state index contributed by atoms with van der Waals surface area (Å²) in [5.41, 5.74) is -0.443. The fourth-order valence-electron chi connectivity index (χ4n) is 1.60. The predicted molar refractivity (Wildman–Crippen MR) is 68.3 cm³/mol. The highest BCUT2D eigenvalue weighted by atomic mass is 79.9. The lowest BCUT2D eigenvalue weighted by Gasteiger charge is -2.32. The molecule has 0 bridgehead atoms. The number of alkyl halides is 1. The van der Waals surface area contributed by atoms with E-state index in [1.165, 1.54) is 0 Å². The van der Waals surface area contributed by atoms with Crippen molar-refractivity contribution in [2.24, 2.45) is 5.92 Å². The van der Waals surface area contributed by atoms with E-state index in [2.05, 4.69) is 57.5 Å². The van der Waals surface area contributed by atoms with E-state index in [4.69, 9.17) is 9.31 Å². The lowest BCUT2D eigenvalue weighted by molar-refractivity contribution is 0.00578. The highest BCUT2D eigenvalue weighted by molar-refractivity contribution is 9.10. The quantitative estimate of drug-likeness (QED) is 0.581. The smallest absolute Gasteiger partial charge is 0.403 e. The highest BCUT2D eigenvalue weighted by Crippen LogP contribution is 2.39. The summed E-state index contributed by atoms with van der Waals surface area (Å²) in [7, 11) is -0.127. The van der Waals surface area contributed by atoms with Crippen molar-refractivity contribution >= 4 is 23.0 Å². The average Bonchev–Trinajstić information content (AvgIpc) is 2.20. The molecule has 1 fully saturated rings. The molecule has 0 aromatic heterocycles. The van der Waals surface area contributed by atoms with Crippen LogP contribution in [-0.2, 0) is 9.31 Å². The fraction of sp³-hybridized carbons (Fsp3) is 1.00. The molecule has 0 aliphatic carbocycles. The minimum atomic E-state index is -0.222. The van der Waals surface area contributed by atoms with Gasteiger partial charge in [-0.1, -0.05) is 29.8 Å². The zero-order chi connectivity index (χ0) is 11.9. The van der Waals surface area contributed by atoms with E-state index in [0.29, 0.717) is 5.92 Å². The van der Waals surface area contributed by atoms with Crippen LogP contribution < -0.4 is 0 Å². The maximum atomic E-state index is 5.96. The van der Waals surface area contributed by atoms with Gasteiger partial charge in [-0.15, -0.1) is 0 Å². The molecule has 0 radical (unpaired) electrons. The van der Waals surface area contributed by atoms with E-state index in [0.717, 1.165) is 6.42 Å². The molecule has 1 heterocycles. The molecule has 1 atom stereocenters. The molecule has 88 valence electrons. The number of hydrogen-bond donors (Lipinski definition) is 0. The summed E-state index contributed by atoms with van der Waals surface area (Å²) in [6.45, 7) is 12.8. The van der Waals surface area contributed by atoms with E-state index < -0.39 is 0 Å². The summed E-state index contributed by atoms with van der Waals surface area (Å²) in [5, 5.41) is 0. The van der Waals surface area contributed by atoms with Crippen LogP contribution in [-0.4, -0.2) is 23.0 Å². The SMILES string of the molecule is CC(C)CC(Br)B1OC(C)(C)C(C)(C)O1. The van der Waals surface area contributed by atoms with Crippen LogP contribution in [0.5, 0.6) is 0 Å². The van der Waals surface area contributed by atoms with Crippen LogP contribution in [0.4, 0.5) is 0 Å². The first-order valence-electron chi connectivity index (χ1n) is 5.65. The summed E-state index contributed by atoms with van der Waals surface area (Å²) in [5.74, 6) is 0.647. The van der Waals surface area contributed by atoms with Crippen molar-refractivity contribution in [1.29, 1.82) is 0 Å². The summed E-state index contributed by atoms with van der Waals surface area (Å²) in [6, 6.07) is 0. The first-order chi connectivity index (χ1) is 6.66. The van der Waals surface area contributed by atoms with Crippen LogP contribution in [0.25, 0.3) is 0 Å². The maximum absolute atomic E-state index is 5.96. The molecule has 0 amide bonds. The van der Waals surface area contributed by atoms with Gasteiger partial charge in [0.25, 0.3) is 0 Å². The monoisotopic (exact) mass is 276 g/mol. The molecule has 1 saturated heterocycles. The lowest BCUT2D eigenvalue weighted by Crippen LogP contribution is -2.41. The van der Waals surface area contributed by atoms with Gasteiger partial charge in [0.1, 0.15) is 0 Å². The molecule has 0 aromatic rings. The Kier molecular flexibility index (Phi) is 3.95. The predicted octanol–water partition coefficient (Wildman–Crippen LogP) is 3.43.